The molecule has 14 heteroatoms. The second-order valence-corrected chi connectivity index (χ2v) is 18.4. The van der Waals surface area contributed by atoms with Gasteiger partial charge in [-0.1, -0.05) is 45.0 Å². The number of aromatic nitrogens is 1. The predicted octanol–water partition coefficient (Wildman–Crippen LogP) is 2.84. The van der Waals surface area contributed by atoms with Crippen LogP contribution in [0, 0.1) is 11.3 Å². The van der Waals surface area contributed by atoms with Gasteiger partial charge in [0.1, 0.15) is 17.7 Å². The van der Waals surface area contributed by atoms with Crippen LogP contribution in [0.5, 0.6) is 5.88 Å². The van der Waals surface area contributed by atoms with Crippen LogP contribution < -0.4 is 20.1 Å². The number of nitrogens with zero attached hydrogens (tertiary/aromatic N) is 2. The van der Waals surface area contributed by atoms with Gasteiger partial charge in [0.15, 0.2) is 0 Å². The fraction of sp³-hybridized carbons (Fsp3) is 0.622. The number of sulfonamides is 1. The number of likely N-dealkylation sites (tertiary alicyclic amines) is 1. The Morgan fingerprint density at radius 1 is 1.10 bits per heavy atom. The highest BCUT2D eigenvalue weighted by Crippen LogP contribution is 2.46. The molecule has 2 unspecified atom stereocenters. The molecule has 1 aliphatic heterocycles. The molecular weight excluding hydrogens is 675 g/mol. The molecule has 2 saturated carbocycles. The fourth-order valence-electron chi connectivity index (χ4n) is 7.27. The van der Waals surface area contributed by atoms with Crippen molar-refractivity contribution >= 4 is 38.5 Å². The number of hydrogen-bond donors (Lipinski definition) is 4. The molecule has 13 nitrogen and oxygen atoms in total. The minimum absolute atomic E-state index is 0.0225. The molecule has 3 fully saturated rings. The molecule has 3 aliphatic carbocycles. The number of ether oxygens (including phenoxy) is 2. The van der Waals surface area contributed by atoms with Crippen molar-refractivity contribution in [3.05, 3.63) is 48.2 Å². The smallest absolute Gasteiger partial charge is 0.259 e. The molecule has 278 valence electrons. The van der Waals surface area contributed by atoms with E-state index in [4.69, 9.17) is 14.5 Å². The summed E-state index contributed by atoms with van der Waals surface area (Å²) in [5.41, 5.74) is -0.787. The maximum absolute atomic E-state index is 14.5. The summed E-state index contributed by atoms with van der Waals surface area (Å²) >= 11 is 0. The Kier molecular flexibility index (Phi) is 9.79. The fourth-order valence-corrected chi connectivity index (χ4v) is 8.63. The molecule has 0 spiro atoms. The average Bonchev–Trinajstić information content (AvgIpc) is 3.92. The van der Waals surface area contributed by atoms with Crippen molar-refractivity contribution in [2.75, 3.05) is 6.54 Å². The number of carbonyl (C=O) groups is 3. The number of benzene rings is 1. The van der Waals surface area contributed by atoms with Crippen molar-refractivity contribution in [3.63, 3.8) is 0 Å². The van der Waals surface area contributed by atoms with E-state index in [1.807, 2.05) is 39.0 Å². The number of pyridine rings is 1. The molecule has 0 radical (unpaired) electrons. The van der Waals surface area contributed by atoms with E-state index in [9.17, 15) is 27.9 Å². The number of aliphatic hydroxyl groups excluding tert-OH is 1. The molecule has 4 aliphatic rings. The van der Waals surface area contributed by atoms with Gasteiger partial charge < -0.3 is 24.8 Å². The second kappa shape index (κ2) is 13.4. The third kappa shape index (κ3) is 7.79. The van der Waals surface area contributed by atoms with Gasteiger partial charge in [0.2, 0.25) is 34.1 Å². The van der Waals surface area contributed by atoms with Crippen molar-refractivity contribution in [1.29, 1.82) is 0 Å². The first-order valence-electron chi connectivity index (χ1n) is 17.8. The number of hydrogen-bond acceptors (Lipinski definition) is 10. The van der Waals surface area contributed by atoms with Gasteiger partial charge in [-0.3, -0.25) is 24.4 Å². The van der Waals surface area contributed by atoms with Gasteiger partial charge in [-0.05, 0) is 81.7 Å². The lowest BCUT2D eigenvalue weighted by molar-refractivity contribution is -0.192. The Morgan fingerprint density at radius 3 is 2.39 bits per heavy atom. The first-order valence-corrected chi connectivity index (χ1v) is 19.4. The highest BCUT2D eigenvalue weighted by atomic mass is 32.2. The summed E-state index contributed by atoms with van der Waals surface area (Å²) in [6.45, 7) is 14.7. The number of aliphatic hydroxyl groups is 1. The summed E-state index contributed by atoms with van der Waals surface area (Å²) in [7, 11) is -3.88. The molecule has 2 aromatic rings. The number of amides is 3. The van der Waals surface area contributed by atoms with Gasteiger partial charge in [0.05, 0.1) is 23.4 Å². The zero-order valence-corrected chi connectivity index (χ0v) is 31.1. The monoisotopic (exact) mass is 725 g/mol. The Hall–Kier alpha value is -3.59. The van der Waals surface area contributed by atoms with Gasteiger partial charge in [-0.25, -0.2) is 13.4 Å². The maximum Gasteiger partial charge on any atom is 0.259 e. The summed E-state index contributed by atoms with van der Waals surface area (Å²) in [6.07, 6.45) is 3.36. The van der Waals surface area contributed by atoms with E-state index in [1.54, 1.807) is 20.8 Å². The Balaban J connectivity index is 1.30. The third-order valence-corrected chi connectivity index (χ3v) is 12.0. The molecule has 0 bridgehead atoms. The molecule has 4 N–H and O–H groups in total. The standard InChI is InChI=1S/C37H51N5O8S/c1-8-21-19-37(21,33(45)41-51(47,48)23-16-17-23)40-30(43)28-18-22(49-31-26-13-10-9-12-24(26)25-14-11-15-27(25)38-31)20-42(28)32(44)29(35(2,3)4)39-34(46)50-36(5,6)7/h8-10,12-13,21-23,28-29,34,39,46H,1,11,14-20H2,2-7H3,(H,40,43)(H,41,45)/t21?,22-,28+,29-,34?,37-/m1/s1. The lowest BCUT2D eigenvalue weighted by Gasteiger charge is -2.37. The Bertz CT molecular complexity index is 1830. The minimum atomic E-state index is -3.88. The van der Waals surface area contributed by atoms with Crippen LogP contribution in [0.4, 0.5) is 0 Å². The Labute approximate surface area is 300 Å². The van der Waals surface area contributed by atoms with E-state index in [1.165, 1.54) is 16.5 Å². The summed E-state index contributed by atoms with van der Waals surface area (Å²) in [4.78, 5) is 48.7. The summed E-state index contributed by atoms with van der Waals surface area (Å²) in [5.74, 6) is -1.98. The number of nitrogens with one attached hydrogen (secondary N) is 3. The molecular formula is C37H51N5O8S. The molecule has 3 amide bonds. The first-order chi connectivity index (χ1) is 23.8. The molecule has 6 rings (SSSR count). The summed E-state index contributed by atoms with van der Waals surface area (Å²) < 4.78 is 39.8. The van der Waals surface area contributed by atoms with Crippen LogP contribution in [0.2, 0.25) is 0 Å². The molecule has 1 saturated heterocycles. The molecule has 2 heterocycles. The molecule has 51 heavy (non-hydrogen) atoms. The van der Waals surface area contributed by atoms with E-state index in [2.05, 4.69) is 28.0 Å². The molecule has 1 aromatic carbocycles. The minimum Gasteiger partial charge on any atom is -0.472 e. The summed E-state index contributed by atoms with van der Waals surface area (Å²) in [6, 6.07) is 5.82. The second-order valence-electron chi connectivity index (χ2n) is 16.5. The normalized spacial score (nSPS) is 25.9. The predicted molar refractivity (Wildman–Crippen MR) is 191 cm³/mol. The highest BCUT2D eigenvalue weighted by molar-refractivity contribution is 7.91. The van der Waals surface area contributed by atoms with Gasteiger partial charge in [0.25, 0.3) is 5.91 Å². The molecule has 6 atom stereocenters. The van der Waals surface area contributed by atoms with Gasteiger partial charge in [-0.2, -0.15) is 0 Å². The van der Waals surface area contributed by atoms with E-state index < -0.39 is 80.1 Å². The van der Waals surface area contributed by atoms with Crippen molar-refractivity contribution in [2.24, 2.45) is 11.3 Å². The van der Waals surface area contributed by atoms with E-state index in [-0.39, 0.29) is 19.4 Å². The van der Waals surface area contributed by atoms with E-state index >= 15 is 0 Å². The van der Waals surface area contributed by atoms with Crippen molar-refractivity contribution in [1.82, 2.24) is 25.2 Å². The van der Waals surface area contributed by atoms with E-state index in [0.29, 0.717) is 18.7 Å². The highest BCUT2D eigenvalue weighted by Gasteiger charge is 2.62. The van der Waals surface area contributed by atoms with Crippen LogP contribution in [0.25, 0.3) is 10.8 Å². The largest absolute Gasteiger partial charge is 0.472 e. The van der Waals surface area contributed by atoms with Gasteiger partial charge >= 0.3 is 0 Å². The van der Waals surface area contributed by atoms with Crippen LogP contribution >= 0.6 is 0 Å². The van der Waals surface area contributed by atoms with Crippen molar-refractivity contribution < 1.29 is 37.4 Å². The number of carbonyl (C=O) groups excluding carboxylic acids is 3. The quantitative estimate of drug-likeness (QED) is 0.188. The van der Waals surface area contributed by atoms with Crippen LogP contribution in [0.3, 0.4) is 0 Å². The van der Waals surface area contributed by atoms with Gasteiger partial charge in [-0.15, -0.1) is 6.58 Å². The maximum atomic E-state index is 14.5. The Morgan fingerprint density at radius 2 is 1.78 bits per heavy atom. The first kappa shape index (κ1) is 37.2. The third-order valence-electron chi connectivity index (χ3n) is 10.2. The SMILES string of the molecule is C=CC1C[C@]1(NC(=O)[C@@H]1C[C@@H](Oc2nc3c(c4ccccc24)CCC3)CN1C(=O)[C@@H](NC(O)OC(C)(C)C)C(C)(C)C)C(=O)NS(=O)(=O)C1CC1. The van der Waals surface area contributed by atoms with E-state index in [0.717, 1.165) is 35.7 Å². The van der Waals surface area contributed by atoms with Crippen molar-refractivity contribution in [3.8, 4) is 5.88 Å². The number of fused-ring (bicyclic) bond motifs is 3. The zero-order valence-electron chi connectivity index (χ0n) is 30.3. The topological polar surface area (TPSA) is 176 Å². The van der Waals surface area contributed by atoms with Crippen LogP contribution in [-0.2, 0) is 42.0 Å². The van der Waals surface area contributed by atoms with Crippen LogP contribution in [0.1, 0.15) is 84.9 Å². The average molecular weight is 726 g/mol. The van der Waals surface area contributed by atoms with Crippen molar-refractivity contribution in [2.45, 2.75) is 127 Å². The van der Waals surface area contributed by atoms with Crippen LogP contribution in [0.15, 0.2) is 36.9 Å². The number of aryl methyl sites for hydroxylation is 2. The number of rotatable bonds is 12. The lowest BCUT2D eigenvalue weighted by atomic mass is 9.85. The summed E-state index contributed by atoms with van der Waals surface area (Å²) in [5, 5.41) is 17.8. The van der Waals surface area contributed by atoms with Gasteiger partial charge in [0, 0.05) is 23.4 Å². The molecule has 1 aromatic heterocycles. The zero-order chi connectivity index (χ0) is 37.1. The lowest BCUT2D eigenvalue weighted by Crippen LogP contribution is -2.61. The van der Waals surface area contributed by atoms with Crippen LogP contribution in [-0.4, -0.2) is 88.7 Å².